The number of phenolic OH excluding ortho intramolecular Hbond substituents is 1. The summed E-state index contributed by atoms with van der Waals surface area (Å²) in [4.78, 5) is 0.711. The summed E-state index contributed by atoms with van der Waals surface area (Å²) >= 11 is 1.42. The summed E-state index contributed by atoms with van der Waals surface area (Å²) in [6.45, 7) is 2.04. The van der Waals surface area contributed by atoms with E-state index in [1.54, 1.807) is 23.8 Å². The summed E-state index contributed by atoms with van der Waals surface area (Å²) in [5.74, 6) is 1.72. The van der Waals surface area contributed by atoms with Gasteiger partial charge in [-0.05, 0) is 29.8 Å². The Morgan fingerprint density at radius 2 is 1.88 bits per heavy atom. The lowest BCUT2D eigenvalue weighted by molar-refractivity contribution is 0.417. The Bertz CT molecular complexity index is 1040. The summed E-state index contributed by atoms with van der Waals surface area (Å²) < 4.78 is 7.11. The van der Waals surface area contributed by atoms with Crippen molar-refractivity contribution in [3.63, 3.8) is 0 Å². The minimum Gasteiger partial charge on any atom is -0.508 e. The molecule has 7 nitrogen and oxygen atoms in total. The number of rotatable bonds is 5. The molecule has 2 N–H and O–H groups in total. The number of benzene rings is 2. The van der Waals surface area contributed by atoms with Crippen molar-refractivity contribution in [2.45, 2.75) is 12.8 Å². The standard InChI is InChI=1S/C18H17N5O2S/c1-11(12-7-9-13(24)10-8-12)16-20-21-18-23(16)22-17(26-18)19-14-5-3-4-6-15(14)25-2/h3-11,24H,1-2H3,(H,19,22). The highest BCUT2D eigenvalue weighted by molar-refractivity contribution is 7.20. The van der Waals surface area contributed by atoms with Crippen LogP contribution >= 0.6 is 11.3 Å². The van der Waals surface area contributed by atoms with Crippen molar-refractivity contribution in [3.05, 3.63) is 59.9 Å². The van der Waals surface area contributed by atoms with Gasteiger partial charge < -0.3 is 15.2 Å². The van der Waals surface area contributed by atoms with Crippen LogP contribution in [-0.2, 0) is 0 Å². The molecular formula is C18H17N5O2S. The molecule has 2 aromatic heterocycles. The molecular weight excluding hydrogens is 350 g/mol. The van der Waals surface area contributed by atoms with Gasteiger partial charge in [0.2, 0.25) is 10.1 Å². The lowest BCUT2D eigenvalue weighted by Gasteiger charge is -2.09. The van der Waals surface area contributed by atoms with Crippen LogP contribution in [-0.4, -0.2) is 32.0 Å². The van der Waals surface area contributed by atoms with E-state index in [9.17, 15) is 5.11 Å². The molecule has 4 aromatic rings. The van der Waals surface area contributed by atoms with Crippen molar-refractivity contribution in [1.29, 1.82) is 0 Å². The molecule has 132 valence electrons. The molecule has 2 heterocycles. The number of anilines is 2. The monoisotopic (exact) mass is 367 g/mol. The van der Waals surface area contributed by atoms with E-state index < -0.39 is 0 Å². The molecule has 0 saturated carbocycles. The van der Waals surface area contributed by atoms with Crippen LogP contribution in [0.3, 0.4) is 0 Å². The van der Waals surface area contributed by atoms with E-state index in [2.05, 4.69) is 20.6 Å². The Balaban J connectivity index is 1.65. The highest BCUT2D eigenvalue weighted by Crippen LogP contribution is 2.31. The van der Waals surface area contributed by atoms with Gasteiger partial charge in [-0.1, -0.05) is 42.5 Å². The molecule has 0 spiro atoms. The topological polar surface area (TPSA) is 84.6 Å². The molecule has 0 aliphatic heterocycles. The van der Waals surface area contributed by atoms with Crippen LogP contribution in [0.15, 0.2) is 48.5 Å². The average molecular weight is 367 g/mol. The highest BCUT2D eigenvalue weighted by atomic mass is 32.1. The Morgan fingerprint density at radius 3 is 2.65 bits per heavy atom. The number of hydrogen-bond donors (Lipinski definition) is 2. The van der Waals surface area contributed by atoms with Crippen LogP contribution in [0.5, 0.6) is 11.5 Å². The second kappa shape index (κ2) is 6.64. The van der Waals surface area contributed by atoms with E-state index in [0.29, 0.717) is 10.1 Å². The highest BCUT2D eigenvalue weighted by Gasteiger charge is 2.19. The molecule has 1 unspecified atom stereocenters. The van der Waals surface area contributed by atoms with E-state index in [1.165, 1.54) is 11.3 Å². The lowest BCUT2D eigenvalue weighted by Crippen LogP contribution is -2.04. The number of fused-ring (bicyclic) bond motifs is 1. The van der Waals surface area contributed by atoms with E-state index >= 15 is 0 Å². The Hall–Kier alpha value is -3.13. The van der Waals surface area contributed by atoms with Crippen molar-refractivity contribution in [2.24, 2.45) is 0 Å². The first kappa shape index (κ1) is 16.3. The quantitative estimate of drug-likeness (QED) is 0.558. The maximum atomic E-state index is 9.46. The number of methoxy groups -OCH3 is 1. The Morgan fingerprint density at radius 1 is 1.12 bits per heavy atom. The van der Waals surface area contributed by atoms with Crippen molar-refractivity contribution in [2.75, 3.05) is 12.4 Å². The SMILES string of the molecule is COc1ccccc1Nc1nn2c(C(C)c3ccc(O)cc3)nnc2s1. The van der Waals surface area contributed by atoms with Gasteiger partial charge in [-0.15, -0.1) is 15.3 Å². The average Bonchev–Trinajstić information content (AvgIpc) is 3.22. The van der Waals surface area contributed by atoms with Gasteiger partial charge in [0, 0.05) is 5.92 Å². The number of aromatic nitrogens is 4. The van der Waals surface area contributed by atoms with Gasteiger partial charge in [0.05, 0.1) is 12.8 Å². The number of nitrogens with zero attached hydrogens (tertiary/aromatic N) is 4. The van der Waals surface area contributed by atoms with Crippen molar-refractivity contribution >= 4 is 27.1 Å². The fourth-order valence-corrected chi connectivity index (χ4v) is 3.49. The second-order valence-electron chi connectivity index (χ2n) is 5.80. The summed E-state index contributed by atoms with van der Waals surface area (Å²) in [6, 6.07) is 14.8. The maximum absolute atomic E-state index is 9.46. The van der Waals surface area contributed by atoms with Gasteiger partial charge in [-0.25, -0.2) is 0 Å². The summed E-state index contributed by atoms with van der Waals surface area (Å²) in [5, 5.41) is 26.6. The molecule has 0 saturated heterocycles. The van der Waals surface area contributed by atoms with Crippen LogP contribution in [0.1, 0.15) is 24.2 Å². The zero-order chi connectivity index (χ0) is 18.1. The van der Waals surface area contributed by atoms with Crippen molar-refractivity contribution in [1.82, 2.24) is 19.8 Å². The third-order valence-corrected chi connectivity index (χ3v) is 4.96. The number of aromatic hydroxyl groups is 1. The van der Waals surface area contributed by atoms with Gasteiger partial charge in [-0.2, -0.15) is 4.52 Å². The lowest BCUT2D eigenvalue weighted by atomic mass is 10.0. The molecule has 0 amide bonds. The molecule has 1 atom stereocenters. The fourth-order valence-electron chi connectivity index (χ4n) is 2.73. The minimum atomic E-state index is -0.00758. The number of nitrogens with one attached hydrogen (secondary N) is 1. The molecule has 26 heavy (non-hydrogen) atoms. The number of ether oxygens (including phenoxy) is 1. The molecule has 0 aliphatic rings. The second-order valence-corrected chi connectivity index (χ2v) is 6.75. The van der Waals surface area contributed by atoms with Gasteiger partial charge in [0.15, 0.2) is 5.82 Å². The number of para-hydroxylation sites is 2. The zero-order valence-electron chi connectivity index (χ0n) is 14.2. The van der Waals surface area contributed by atoms with Crippen LogP contribution < -0.4 is 10.1 Å². The predicted octanol–water partition coefficient (Wildman–Crippen LogP) is 3.80. The predicted molar refractivity (Wildman–Crippen MR) is 101 cm³/mol. The third-order valence-electron chi connectivity index (χ3n) is 4.14. The van der Waals surface area contributed by atoms with Crippen molar-refractivity contribution in [3.8, 4) is 11.5 Å². The first-order chi connectivity index (χ1) is 12.7. The Labute approximate surface area is 153 Å². The first-order valence-electron chi connectivity index (χ1n) is 8.07. The van der Waals surface area contributed by atoms with Gasteiger partial charge in [0.25, 0.3) is 0 Å². The van der Waals surface area contributed by atoms with E-state index in [-0.39, 0.29) is 11.7 Å². The third kappa shape index (κ3) is 2.95. The van der Waals surface area contributed by atoms with Crippen LogP contribution in [0.2, 0.25) is 0 Å². The van der Waals surface area contributed by atoms with E-state index in [4.69, 9.17) is 4.74 Å². The van der Waals surface area contributed by atoms with Gasteiger partial charge >= 0.3 is 0 Å². The maximum Gasteiger partial charge on any atom is 0.236 e. The molecule has 2 aromatic carbocycles. The van der Waals surface area contributed by atoms with Crippen LogP contribution in [0.25, 0.3) is 4.96 Å². The summed E-state index contributed by atoms with van der Waals surface area (Å²) in [7, 11) is 1.64. The molecule has 0 aliphatic carbocycles. The van der Waals surface area contributed by atoms with Crippen LogP contribution in [0.4, 0.5) is 10.8 Å². The Kier molecular flexibility index (Phi) is 4.18. The normalized spacial score (nSPS) is 12.2. The largest absolute Gasteiger partial charge is 0.508 e. The van der Waals surface area contributed by atoms with E-state index in [0.717, 1.165) is 22.8 Å². The number of hydrogen-bond acceptors (Lipinski definition) is 7. The summed E-state index contributed by atoms with van der Waals surface area (Å²) in [5.41, 5.74) is 1.87. The molecule has 0 bridgehead atoms. The number of phenols is 1. The van der Waals surface area contributed by atoms with E-state index in [1.807, 2.05) is 43.3 Å². The smallest absolute Gasteiger partial charge is 0.236 e. The molecule has 0 radical (unpaired) electrons. The van der Waals surface area contributed by atoms with Gasteiger partial charge in [-0.3, -0.25) is 0 Å². The fraction of sp³-hybridized carbons (Fsp3) is 0.167. The zero-order valence-corrected chi connectivity index (χ0v) is 15.1. The molecule has 8 heteroatoms. The molecule has 0 fully saturated rings. The van der Waals surface area contributed by atoms with Gasteiger partial charge in [0.1, 0.15) is 11.5 Å². The van der Waals surface area contributed by atoms with Crippen molar-refractivity contribution < 1.29 is 9.84 Å². The first-order valence-corrected chi connectivity index (χ1v) is 8.88. The minimum absolute atomic E-state index is 0.00758. The summed E-state index contributed by atoms with van der Waals surface area (Å²) in [6.07, 6.45) is 0. The van der Waals surface area contributed by atoms with Crippen LogP contribution in [0, 0.1) is 0 Å². The molecule has 4 rings (SSSR count).